The van der Waals surface area contributed by atoms with E-state index in [4.69, 9.17) is 4.74 Å². The number of aromatic amines is 1. The highest BCUT2D eigenvalue weighted by atomic mass is 16.5. The largest absolute Gasteiger partial charge is 0.390 e. The minimum atomic E-state index is -0.671. The van der Waals surface area contributed by atoms with Crippen molar-refractivity contribution in [3.8, 4) is 0 Å². The lowest BCUT2D eigenvalue weighted by Crippen LogP contribution is -2.39. The highest BCUT2D eigenvalue weighted by molar-refractivity contribution is 5.15. The lowest BCUT2D eigenvalue weighted by molar-refractivity contribution is -0.0202. The molecule has 0 spiro atoms. The van der Waals surface area contributed by atoms with E-state index in [-0.39, 0.29) is 11.6 Å². The van der Waals surface area contributed by atoms with Crippen LogP contribution >= 0.6 is 0 Å². The Labute approximate surface area is 158 Å². The standard InChI is InChI=1S/C20H27N3O4/c1-3-15-12-23(20(26)22-19(15)25)18-10-16(24)17(27-18)11-21-13(2)9-14-7-5-4-6-8-14/h4-8,12-13,16-18,21,24H,3,9-11H2,1-2H3,(H,22,25,26)/t13-,16-,17+,18+/m0/s1. The number of aromatic nitrogens is 2. The third-order valence-electron chi connectivity index (χ3n) is 4.99. The van der Waals surface area contributed by atoms with Crippen molar-refractivity contribution >= 4 is 0 Å². The number of aryl methyl sites for hydroxylation is 1. The summed E-state index contributed by atoms with van der Waals surface area (Å²) in [4.78, 5) is 26.2. The van der Waals surface area contributed by atoms with E-state index >= 15 is 0 Å². The molecule has 1 aromatic heterocycles. The van der Waals surface area contributed by atoms with Gasteiger partial charge in [0.15, 0.2) is 0 Å². The second-order valence-corrected chi connectivity index (χ2v) is 7.11. The molecule has 1 aliphatic rings. The predicted octanol–water partition coefficient (Wildman–Crippen LogP) is 0.968. The zero-order chi connectivity index (χ0) is 19.4. The molecular weight excluding hydrogens is 346 g/mol. The first-order chi connectivity index (χ1) is 13.0. The second-order valence-electron chi connectivity index (χ2n) is 7.11. The van der Waals surface area contributed by atoms with Gasteiger partial charge in [0.2, 0.25) is 0 Å². The summed E-state index contributed by atoms with van der Waals surface area (Å²) in [6.45, 7) is 4.43. The summed E-state index contributed by atoms with van der Waals surface area (Å²) in [5.74, 6) is 0. The normalized spacial score (nSPS) is 23.4. The summed E-state index contributed by atoms with van der Waals surface area (Å²) < 4.78 is 7.28. The van der Waals surface area contributed by atoms with Gasteiger partial charge in [-0.25, -0.2) is 4.79 Å². The van der Waals surface area contributed by atoms with Crippen LogP contribution in [-0.2, 0) is 17.6 Å². The number of hydrogen-bond acceptors (Lipinski definition) is 5. The fourth-order valence-corrected chi connectivity index (χ4v) is 3.42. The summed E-state index contributed by atoms with van der Waals surface area (Å²) in [5, 5.41) is 13.7. The number of hydrogen-bond donors (Lipinski definition) is 3. The third kappa shape index (κ3) is 4.74. The van der Waals surface area contributed by atoms with E-state index in [1.807, 2.05) is 25.1 Å². The van der Waals surface area contributed by atoms with Gasteiger partial charge in [-0.2, -0.15) is 0 Å². The van der Waals surface area contributed by atoms with Crippen molar-refractivity contribution in [2.75, 3.05) is 6.54 Å². The van der Waals surface area contributed by atoms with Crippen LogP contribution in [-0.4, -0.2) is 39.5 Å². The maximum Gasteiger partial charge on any atom is 0.330 e. The van der Waals surface area contributed by atoms with E-state index in [1.54, 1.807) is 0 Å². The van der Waals surface area contributed by atoms with Gasteiger partial charge in [0.25, 0.3) is 5.56 Å². The number of benzene rings is 1. The molecule has 0 aliphatic carbocycles. The molecule has 4 atom stereocenters. The molecule has 0 unspecified atom stereocenters. The molecule has 1 saturated heterocycles. The number of ether oxygens (including phenoxy) is 1. The zero-order valence-electron chi connectivity index (χ0n) is 15.7. The SMILES string of the molecule is CCc1cn([C@H]2C[C@H](O)[C@@H](CN[C@@H](C)Cc3ccccc3)O2)c(=O)[nH]c1=O. The van der Waals surface area contributed by atoms with E-state index in [1.165, 1.54) is 16.3 Å². The van der Waals surface area contributed by atoms with Crippen molar-refractivity contribution in [2.45, 2.75) is 57.6 Å². The van der Waals surface area contributed by atoms with Gasteiger partial charge in [0.1, 0.15) is 6.23 Å². The smallest absolute Gasteiger partial charge is 0.330 e. The van der Waals surface area contributed by atoms with E-state index in [9.17, 15) is 14.7 Å². The van der Waals surface area contributed by atoms with Crippen LogP contribution < -0.4 is 16.6 Å². The van der Waals surface area contributed by atoms with Crippen molar-refractivity contribution in [3.63, 3.8) is 0 Å². The van der Waals surface area contributed by atoms with Gasteiger partial charge in [0.05, 0.1) is 12.2 Å². The molecule has 1 aliphatic heterocycles. The zero-order valence-corrected chi connectivity index (χ0v) is 15.7. The summed E-state index contributed by atoms with van der Waals surface area (Å²) in [6.07, 6.45) is 1.60. The summed E-state index contributed by atoms with van der Waals surface area (Å²) >= 11 is 0. The van der Waals surface area contributed by atoms with Crippen LogP contribution in [0.2, 0.25) is 0 Å². The minimum Gasteiger partial charge on any atom is -0.390 e. The van der Waals surface area contributed by atoms with E-state index < -0.39 is 24.1 Å². The topological polar surface area (TPSA) is 96.3 Å². The number of H-pyrrole nitrogens is 1. The predicted molar refractivity (Wildman–Crippen MR) is 103 cm³/mol. The average Bonchev–Trinajstić information content (AvgIpc) is 3.01. The van der Waals surface area contributed by atoms with Gasteiger partial charge in [-0.15, -0.1) is 0 Å². The third-order valence-corrected chi connectivity index (χ3v) is 4.99. The van der Waals surface area contributed by atoms with E-state index in [2.05, 4.69) is 29.4 Å². The van der Waals surface area contributed by atoms with Crippen LogP contribution in [0.5, 0.6) is 0 Å². The molecule has 3 N–H and O–H groups in total. The molecule has 0 radical (unpaired) electrons. The molecule has 0 amide bonds. The first-order valence-corrected chi connectivity index (χ1v) is 9.43. The Morgan fingerprint density at radius 3 is 2.78 bits per heavy atom. The monoisotopic (exact) mass is 373 g/mol. The first-order valence-electron chi connectivity index (χ1n) is 9.43. The average molecular weight is 373 g/mol. The molecule has 3 rings (SSSR count). The molecule has 0 bridgehead atoms. The molecule has 146 valence electrons. The molecule has 27 heavy (non-hydrogen) atoms. The Hall–Kier alpha value is -2.22. The van der Waals surface area contributed by atoms with Crippen LogP contribution in [0.4, 0.5) is 0 Å². The van der Waals surface area contributed by atoms with E-state index in [0.717, 1.165) is 6.42 Å². The van der Waals surface area contributed by atoms with Gasteiger partial charge in [0, 0.05) is 30.8 Å². The van der Waals surface area contributed by atoms with Gasteiger partial charge >= 0.3 is 5.69 Å². The fourth-order valence-electron chi connectivity index (χ4n) is 3.42. The highest BCUT2D eigenvalue weighted by Gasteiger charge is 2.35. The Morgan fingerprint density at radius 1 is 1.33 bits per heavy atom. The van der Waals surface area contributed by atoms with Gasteiger partial charge < -0.3 is 15.2 Å². The molecule has 0 saturated carbocycles. The minimum absolute atomic E-state index is 0.227. The van der Waals surface area contributed by atoms with E-state index in [0.29, 0.717) is 24.9 Å². The quantitative estimate of drug-likeness (QED) is 0.672. The number of rotatable bonds is 7. The van der Waals surface area contributed by atoms with Crippen LogP contribution in [0.1, 0.15) is 37.6 Å². The number of nitrogens with one attached hydrogen (secondary N) is 2. The lowest BCUT2D eigenvalue weighted by Gasteiger charge is -2.20. The van der Waals surface area contributed by atoms with Gasteiger partial charge in [-0.1, -0.05) is 37.3 Å². The fraction of sp³-hybridized carbons (Fsp3) is 0.500. The van der Waals surface area contributed by atoms with Crippen LogP contribution in [0.3, 0.4) is 0 Å². The second kappa shape index (κ2) is 8.65. The molecule has 1 aromatic carbocycles. The van der Waals surface area contributed by atoms with Gasteiger partial charge in [-0.3, -0.25) is 14.3 Å². The van der Waals surface area contributed by atoms with Crippen LogP contribution in [0, 0.1) is 0 Å². The Kier molecular flexibility index (Phi) is 6.26. The first kappa shape index (κ1) is 19.5. The molecular formula is C20H27N3O4. The van der Waals surface area contributed by atoms with Crippen molar-refractivity contribution < 1.29 is 9.84 Å². The highest BCUT2D eigenvalue weighted by Crippen LogP contribution is 2.27. The molecule has 2 aromatic rings. The van der Waals surface area contributed by atoms with Crippen molar-refractivity contribution in [1.82, 2.24) is 14.9 Å². The van der Waals surface area contributed by atoms with Crippen molar-refractivity contribution in [3.05, 3.63) is 68.5 Å². The number of aliphatic hydroxyl groups is 1. The summed E-state index contributed by atoms with van der Waals surface area (Å²) in [7, 11) is 0. The number of aliphatic hydroxyl groups excluding tert-OH is 1. The van der Waals surface area contributed by atoms with Gasteiger partial charge in [-0.05, 0) is 25.3 Å². The van der Waals surface area contributed by atoms with Crippen molar-refractivity contribution in [1.29, 1.82) is 0 Å². The molecule has 7 heteroatoms. The maximum atomic E-state index is 12.1. The number of nitrogens with zero attached hydrogens (tertiary/aromatic N) is 1. The molecule has 2 heterocycles. The van der Waals surface area contributed by atoms with Crippen LogP contribution in [0.25, 0.3) is 0 Å². The Balaban J connectivity index is 1.60. The molecule has 1 fully saturated rings. The summed E-state index contributed by atoms with van der Waals surface area (Å²) in [5.41, 5.74) is 0.881. The summed E-state index contributed by atoms with van der Waals surface area (Å²) in [6, 6.07) is 10.4. The maximum absolute atomic E-state index is 12.1. The molecule has 7 nitrogen and oxygen atoms in total. The van der Waals surface area contributed by atoms with Crippen LogP contribution in [0.15, 0.2) is 46.1 Å². The lowest BCUT2D eigenvalue weighted by atomic mass is 10.1. The Morgan fingerprint density at radius 2 is 2.07 bits per heavy atom. The Bertz CT molecular complexity index is 862. The van der Waals surface area contributed by atoms with Crippen molar-refractivity contribution in [2.24, 2.45) is 0 Å².